The van der Waals surface area contributed by atoms with E-state index in [-0.39, 0.29) is 50.8 Å². The predicted molar refractivity (Wildman–Crippen MR) is 239 cm³/mol. The second-order valence-electron chi connectivity index (χ2n) is 15.8. The number of allylic oxidation sites excluding steroid dienone is 1. The number of aliphatic hydroxyl groups excluding tert-OH is 2. The average molecular weight is 857 g/mol. The molecule has 11 nitrogen and oxygen atoms in total. The Morgan fingerprint density at radius 3 is 2.46 bits per heavy atom. The van der Waals surface area contributed by atoms with Gasteiger partial charge in [-0.3, -0.25) is 4.90 Å². The van der Waals surface area contributed by atoms with Crippen molar-refractivity contribution >= 4 is 23.6 Å². The summed E-state index contributed by atoms with van der Waals surface area (Å²) in [5, 5.41) is 24.4. The van der Waals surface area contributed by atoms with Gasteiger partial charge in [-0.05, 0) is 85.4 Å². The van der Waals surface area contributed by atoms with Crippen LogP contribution in [0.3, 0.4) is 0 Å². The molecule has 3 aromatic carbocycles. The third-order valence-corrected chi connectivity index (χ3v) is 12.8. The number of rotatable bonds is 25. The van der Waals surface area contributed by atoms with Crippen LogP contribution < -0.4 is 9.47 Å². The molecule has 1 amide bonds. The van der Waals surface area contributed by atoms with Crippen LogP contribution in [0.5, 0.6) is 11.5 Å². The molecule has 2 N–H and O–H groups in total. The van der Waals surface area contributed by atoms with Crippen LogP contribution in [-0.2, 0) is 25.7 Å². The standard InChI is InChI=1S/C49H64N2O9S/c1-4-24-51(48(54)58-29-28-56-35-36-16-8-6-9-17-36)45-34-43(50-55-3)41-32-37(18-12-14-25-52)40(21-13-15-26-53)46-42-33-38(57-30-31-61-39-19-10-7-11-20-39)22-23-44(42)60-49(45,47(41)46)59-27-5-2/h5-11,16-17,19-20,22-23,32-33,37,40,45-47,52-53H,2,4,12-15,18,21,24-31,34-35H2,1,3H3/t37-,40+,45-,46+,47+,49+/m0/s1. The topological polar surface area (TPSA) is 129 Å². The maximum absolute atomic E-state index is 14.4. The van der Waals surface area contributed by atoms with Gasteiger partial charge in [0.1, 0.15) is 31.3 Å². The smallest absolute Gasteiger partial charge is 0.410 e. The van der Waals surface area contributed by atoms with E-state index in [0.717, 1.165) is 59.6 Å². The van der Waals surface area contributed by atoms with Crippen molar-refractivity contribution in [1.29, 1.82) is 0 Å². The van der Waals surface area contributed by atoms with Crippen LogP contribution in [0.4, 0.5) is 4.79 Å². The van der Waals surface area contributed by atoms with Gasteiger partial charge in [-0.15, -0.1) is 18.3 Å². The summed E-state index contributed by atoms with van der Waals surface area (Å²) in [6, 6.07) is 25.6. The molecule has 0 bridgehead atoms. The minimum Gasteiger partial charge on any atom is -0.493 e. The molecular formula is C49H64N2O9S. The van der Waals surface area contributed by atoms with Gasteiger partial charge in [0.2, 0.25) is 5.79 Å². The van der Waals surface area contributed by atoms with Crippen LogP contribution in [0.15, 0.2) is 113 Å². The number of thioether (sulfide) groups is 1. The normalized spacial score (nSPS) is 23.2. The maximum Gasteiger partial charge on any atom is 0.410 e. The van der Waals surface area contributed by atoms with Gasteiger partial charge < -0.3 is 38.7 Å². The van der Waals surface area contributed by atoms with Gasteiger partial charge in [-0.2, -0.15) is 0 Å². The van der Waals surface area contributed by atoms with E-state index in [2.05, 4.69) is 36.0 Å². The highest BCUT2D eigenvalue weighted by atomic mass is 32.2. The lowest BCUT2D eigenvalue weighted by atomic mass is 9.55. The van der Waals surface area contributed by atoms with Crippen molar-refractivity contribution in [3.05, 3.63) is 114 Å². The lowest BCUT2D eigenvalue weighted by molar-refractivity contribution is -0.255. The summed E-state index contributed by atoms with van der Waals surface area (Å²) in [6.45, 7) is 8.12. The maximum atomic E-state index is 14.4. The Balaban J connectivity index is 1.39. The molecule has 1 fully saturated rings. The fourth-order valence-electron chi connectivity index (χ4n) is 9.33. The Morgan fingerprint density at radius 2 is 1.74 bits per heavy atom. The van der Waals surface area contributed by atoms with Crippen molar-refractivity contribution in [2.24, 2.45) is 22.9 Å². The Morgan fingerprint density at radius 1 is 0.984 bits per heavy atom. The molecule has 61 heavy (non-hydrogen) atoms. The summed E-state index contributed by atoms with van der Waals surface area (Å²) in [4.78, 5) is 22.9. The van der Waals surface area contributed by atoms with Crippen LogP contribution in [0, 0.1) is 17.8 Å². The molecule has 0 spiro atoms. The number of nitrogens with zero attached hydrogens (tertiary/aromatic N) is 2. The van der Waals surface area contributed by atoms with Crippen molar-refractivity contribution in [3.63, 3.8) is 0 Å². The zero-order chi connectivity index (χ0) is 42.9. The van der Waals surface area contributed by atoms with E-state index in [1.165, 1.54) is 4.90 Å². The van der Waals surface area contributed by atoms with Crippen molar-refractivity contribution in [3.8, 4) is 11.5 Å². The quantitative estimate of drug-likeness (QED) is 0.0369. The van der Waals surface area contributed by atoms with E-state index in [1.807, 2.05) is 67.6 Å². The highest BCUT2D eigenvalue weighted by Crippen LogP contribution is 2.62. The minimum atomic E-state index is -1.36. The number of benzene rings is 3. The molecule has 0 radical (unpaired) electrons. The molecular weight excluding hydrogens is 793 g/mol. The number of amides is 1. The first-order valence-electron chi connectivity index (χ1n) is 21.9. The summed E-state index contributed by atoms with van der Waals surface area (Å²) < 4.78 is 32.6. The molecule has 1 heterocycles. The van der Waals surface area contributed by atoms with E-state index < -0.39 is 23.8 Å². The largest absolute Gasteiger partial charge is 0.493 e. The summed E-state index contributed by atoms with van der Waals surface area (Å²) in [5.41, 5.74) is 3.77. The number of aliphatic hydroxyl groups is 2. The third kappa shape index (κ3) is 11.6. The first kappa shape index (κ1) is 46.2. The van der Waals surface area contributed by atoms with Crippen LogP contribution in [0.25, 0.3) is 0 Å². The lowest BCUT2D eigenvalue weighted by Crippen LogP contribution is -2.70. The highest BCUT2D eigenvalue weighted by Gasteiger charge is 2.65. The number of unbranched alkanes of at least 4 members (excludes halogenated alkanes) is 2. The number of oxime groups is 1. The Labute approximate surface area is 366 Å². The summed E-state index contributed by atoms with van der Waals surface area (Å²) in [5.74, 6) is 0.525. The summed E-state index contributed by atoms with van der Waals surface area (Å²) in [6.07, 6.45) is 9.32. The zero-order valence-corrected chi connectivity index (χ0v) is 36.6. The van der Waals surface area contributed by atoms with Crippen LogP contribution in [0.1, 0.15) is 75.3 Å². The molecule has 2 aliphatic carbocycles. The molecule has 6 atom stereocenters. The molecule has 0 saturated heterocycles. The highest BCUT2D eigenvalue weighted by molar-refractivity contribution is 7.99. The van der Waals surface area contributed by atoms with Crippen molar-refractivity contribution < 1.29 is 43.5 Å². The van der Waals surface area contributed by atoms with E-state index >= 15 is 0 Å². The minimum absolute atomic E-state index is 0.0775. The van der Waals surface area contributed by atoms with E-state index in [0.29, 0.717) is 51.2 Å². The van der Waals surface area contributed by atoms with Crippen molar-refractivity contribution in [2.75, 3.05) is 59.0 Å². The van der Waals surface area contributed by atoms with Gasteiger partial charge in [-0.1, -0.05) is 85.6 Å². The predicted octanol–water partition coefficient (Wildman–Crippen LogP) is 9.19. The number of hydrogen-bond acceptors (Lipinski definition) is 11. The van der Waals surface area contributed by atoms with Crippen LogP contribution >= 0.6 is 11.8 Å². The number of carbonyl (C=O) groups is 1. The van der Waals surface area contributed by atoms with E-state index in [1.54, 1.807) is 29.8 Å². The molecule has 0 aromatic heterocycles. The molecule has 1 aliphatic heterocycles. The first-order valence-corrected chi connectivity index (χ1v) is 22.9. The third-order valence-electron chi connectivity index (χ3n) is 11.9. The fourth-order valence-corrected chi connectivity index (χ4v) is 10.1. The summed E-state index contributed by atoms with van der Waals surface area (Å²) in [7, 11) is 1.55. The Bertz CT molecular complexity index is 1880. The Hall–Kier alpha value is -4.33. The molecule has 0 unspecified atom stereocenters. The number of hydrogen-bond donors (Lipinski definition) is 2. The average Bonchev–Trinajstić information content (AvgIpc) is 3.28. The van der Waals surface area contributed by atoms with Gasteiger partial charge in [0.05, 0.1) is 38.1 Å². The Kier molecular flexibility index (Phi) is 18.0. The van der Waals surface area contributed by atoms with Gasteiger partial charge in [0.25, 0.3) is 0 Å². The fraction of sp³-hybridized carbons (Fsp3) is 0.510. The number of carbonyl (C=O) groups excluding carboxylic acids is 1. The SMILES string of the molecule is C=CCO[C@@]12Oc3ccc(OCCSc4ccccc4)cc3[C@H]3[C@H](CCCCO)[C@@H](CCCCO)C=C(C(=NOC)C[C@@H]1N(CCC)C(=O)OCCOCc1ccccc1)[C@H]32. The van der Waals surface area contributed by atoms with E-state index in [9.17, 15) is 15.0 Å². The second-order valence-corrected chi connectivity index (χ2v) is 17.0. The molecule has 330 valence electrons. The molecule has 1 saturated carbocycles. The number of ether oxygens (including phenoxy) is 5. The van der Waals surface area contributed by atoms with Crippen LogP contribution in [-0.4, -0.2) is 97.8 Å². The van der Waals surface area contributed by atoms with Crippen LogP contribution in [0.2, 0.25) is 0 Å². The van der Waals surface area contributed by atoms with Gasteiger partial charge in [0, 0.05) is 48.3 Å². The lowest BCUT2D eigenvalue weighted by Gasteiger charge is -2.59. The van der Waals surface area contributed by atoms with Gasteiger partial charge in [-0.25, -0.2) is 4.79 Å². The van der Waals surface area contributed by atoms with Gasteiger partial charge in [0.15, 0.2) is 0 Å². The van der Waals surface area contributed by atoms with Crippen molar-refractivity contribution in [2.45, 2.75) is 87.5 Å². The molecule has 6 rings (SSSR count). The van der Waals surface area contributed by atoms with E-state index in [4.69, 9.17) is 28.5 Å². The van der Waals surface area contributed by atoms with Gasteiger partial charge >= 0.3 is 6.09 Å². The molecule has 3 aromatic rings. The number of fused-ring (bicyclic) bond motifs is 2. The molecule has 12 heteroatoms. The zero-order valence-electron chi connectivity index (χ0n) is 35.8. The second kappa shape index (κ2) is 23.8. The summed E-state index contributed by atoms with van der Waals surface area (Å²) >= 11 is 1.75. The molecule has 3 aliphatic rings. The first-order chi connectivity index (χ1) is 30.0. The van der Waals surface area contributed by atoms with Crippen molar-refractivity contribution in [1.82, 2.24) is 4.90 Å². The monoisotopic (exact) mass is 856 g/mol.